The van der Waals surface area contributed by atoms with Gasteiger partial charge in [0.2, 0.25) is 0 Å². The molecule has 2 atom stereocenters. The highest BCUT2D eigenvalue weighted by molar-refractivity contribution is 5.35. The maximum atomic E-state index is 10.3. The van der Waals surface area contributed by atoms with E-state index in [1.54, 1.807) is 7.11 Å². The van der Waals surface area contributed by atoms with Crippen molar-refractivity contribution in [1.82, 2.24) is 4.90 Å². The Balaban J connectivity index is 2.00. The van der Waals surface area contributed by atoms with Gasteiger partial charge in [0.1, 0.15) is 5.75 Å². The molecule has 1 N–H and O–H groups in total. The molecular weight excluding hydrogens is 226 g/mol. The molecule has 0 aromatic heterocycles. The highest BCUT2D eigenvalue weighted by atomic mass is 16.5. The molecule has 1 saturated heterocycles. The van der Waals surface area contributed by atoms with Crippen LogP contribution < -0.4 is 4.74 Å². The minimum atomic E-state index is -0.466. The minimum Gasteiger partial charge on any atom is -0.496 e. The normalized spacial score (nSPS) is 22.7. The van der Waals surface area contributed by atoms with E-state index in [1.807, 2.05) is 24.3 Å². The van der Waals surface area contributed by atoms with Crippen molar-refractivity contribution < 1.29 is 9.84 Å². The second-order valence-electron chi connectivity index (χ2n) is 5.26. The zero-order valence-corrected chi connectivity index (χ0v) is 11.3. The fraction of sp³-hybridized carbons (Fsp3) is 0.600. The number of rotatable bonds is 4. The van der Waals surface area contributed by atoms with Crippen LogP contribution in [0.3, 0.4) is 0 Å². The number of ether oxygens (including phenoxy) is 1. The van der Waals surface area contributed by atoms with Crippen molar-refractivity contribution in [1.29, 1.82) is 0 Å². The maximum absolute atomic E-state index is 10.3. The predicted molar refractivity (Wildman–Crippen MR) is 72.8 cm³/mol. The van der Waals surface area contributed by atoms with Crippen LogP contribution in [0.1, 0.15) is 31.4 Å². The van der Waals surface area contributed by atoms with Crippen LogP contribution in [0.15, 0.2) is 24.3 Å². The molecule has 0 saturated carbocycles. The SMILES string of the molecule is COc1ccccc1C(O)CN1CCCC(C)C1. The Hall–Kier alpha value is -1.06. The zero-order valence-electron chi connectivity index (χ0n) is 11.3. The van der Waals surface area contributed by atoms with Gasteiger partial charge in [0.25, 0.3) is 0 Å². The Morgan fingerprint density at radius 2 is 2.22 bits per heavy atom. The van der Waals surface area contributed by atoms with Gasteiger partial charge in [-0.2, -0.15) is 0 Å². The molecule has 0 radical (unpaired) electrons. The first-order valence-electron chi connectivity index (χ1n) is 6.74. The summed E-state index contributed by atoms with van der Waals surface area (Å²) in [5.41, 5.74) is 0.887. The number of benzene rings is 1. The molecule has 2 unspecified atom stereocenters. The molecule has 0 spiro atoms. The summed E-state index contributed by atoms with van der Waals surface area (Å²) in [6.07, 6.45) is 2.08. The molecule has 0 aliphatic carbocycles. The van der Waals surface area contributed by atoms with Gasteiger partial charge in [-0.05, 0) is 31.4 Å². The van der Waals surface area contributed by atoms with Crippen molar-refractivity contribution in [2.45, 2.75) is 25.9 Å². The van der Waals surface area contributed by atoms with Gasteiger partial charge in [-0.25, -0.2) is 0 Å². The first kappa shape index (κ1) is 13.4. The van der Waals surface area contributed by atoms with Crippen LogP contribution in [-0.2, 0) is 0 Å². The van der Waals surface area contributed by atoms with Gasteiger partial charge in [0.15, 0.2) is 0 Å². The molecule has 1 aliphatic heterocycles. The number of nitrogens with zero attached hydrogens (tertiary/aromatic N) is 1. The van der Waals surface area contributed by atoms with Crippen LogP contribution in [0.5, 0.6) is 5.75 Å². The number of piperidine rings is 1. The summed E-state index contributed by atoms with van der Waals surface area (Å²) < 4.78 is 5.30. The summed E-state index contributed by atoms with van der Waals surface area (Å²) in [7, 11) is 1.65. The Labute approximate surface area is 109 Å². The fourth-order valence-corrected chi connectivity index (χ4v) is 2.74. The van der Waals surface area contributed by atoms with Crippen molar-refractivity contribution in [3.8, 4) is 5.75 Å². The largest absolute Gasteiger partial charge is 0.496 e. The fourth-order valence-electron chi connectivity index (χ4n) is 2.74. The average Bonchev–Trinajstić information content (AvgIpc) is 2.38. The van der Waals surface area contributed by atoms with Crippen molar-refractivity contribution in [2.75, 3.05) is 26.7 Å². The molecule has 1 aromatic carbocycles. The number of para-hydroxylation sites is 1. The minimum absolute atomic E-state index is 0.466. The van der Waals surface area contributed by atoms with Crippen LogP contribution in [0, 0.1) is 5.92 Å². The van der Waals surface area contributed by atoms with E-state index in [4.69, 9.17) is 4.74 Å². The number of β-amino-alcohol motifs (C(OH)–C–C–N with tert-alkyl or cyclic N) is 1. The van der Waals surface area contributed by atoms with Gasteiger partial charge >= 0.3 is 0 Å². The molecule has 2 rings (SSSR count). The Morgan fingerprint density at radius 1 is 1.44 bits per heavy atom. The van der Waals surface area contributed by atoms with Gasteiger partial charge in [-0.3, -0.25) is 0 Å². The first-order valence-corrected chi connectivity index (χ1v) is 6.74. The quantitative estimate of drug-likeness (QED) is 0.889. The lowest BCUT2D eigenvalue weighted by Crippen LogP contribution is -2.37. The third-order valence-corrected chi connectivity index (χ3v) is 3.67. The molecule has 1 aliphatic rings. The second kappa shape index (κ2) is 6.21. The van der Waals surface area contributed by atoms with E-state index in [0.29, 0.717) is 6.54 Å². The molecule has 1 aromatic rings. The van der Waals surface area contributed by atoms with E-state index in [2.05, 4.69) is 11.8 Å². The monoisotopic (exact) mass is 249 g/mol. The summed E-state index contributed by atoms with van der Waals surface area (Å²) in [5, 5.41) is 10.3. The van der Waals surface area contributed by atoms with Gasteiger partial charge in [-0.1, -0.05) is 25.1 Å². The molecule has 0 bridgehead atoms. The van der Waals surface area contributed by atoms with Crippen molar-refractivity contribution in [3.05, 3.63) is 29.8 Å². The van der Waals surface area contributed by atoms with E-state index >= 15 is 0 Å². The lowest BCUT2D eigenvalue weighted by molar-refractivity contribution is 0.0859. The number of aliphatic hydroxyl groups excluding tert-OH is 1. The summed E-state index contributed by atoms with van der Waals surface area (Å²) in [6.45, 7) is 5.16. The lowest BCUT2D eigenvalue weighted by Gasteiger charge is -2.32. The van der Waals surface area contributed by atoms with Gasteiger partial charge in [0, 0.05) is 18.7 Å². The number of hydrogen-bond donors (Lipinski definition) is 1. The standard InChI is InChI=1S/C15H23NO2/c1-12-6-5-9-16(10-12)11-14(17)13-7-3-4-8-15(13)18-2/h3-4,7-8,12,14,17H,5-6,9-11H2,1-2H3. The van der Waals surface area contributed by atoms with Gasteiger partial charge in [-0.15, -0.1) is 0 Å². The van der Waals surface area contributed by atoms with Gasteiger partial charge in [0.05, 0.1) is 13.2 Å². The highest BCUT2D eigenvalue weighted by Gasteiger charge is 2.21. The van der Waals surface area contributed by atoms with Crippen LogP contribution in [-0.4, -0.2) is 36.8 Å². The third-order valence-electron chi connectivity index (χ3n) is 3.67. The number of methoxy groups -OCH3 is 1. The molecule has 3 heteroatoms. The summed E-state index contributed by atoms with van der Waals surface area (Å²) in [5.74, 6) is 1.51. The van der Waals surface area contributed by atoms with E-state index in [0.717, 1.165) is 30.3 Å². The van der Waals surface area contributed by atoms with Crippen LogP contribution in [0.2, 0.25) is 0 Å². The van der Waals surface area contributed by atoms with E-state index in [-0.39, 0.29) is 0 Å². The van der Waals surface area contributed by atoms with Crippen molar-refractivity contribution in [3.63, 3.8) is 0 Å². The van der Waals surface area contributed by atoms with Crippen molar-refractivity contribution >= 4 is 0 Å². The van der Waals surface area contributed by atoms with E-state index in [1.165, 1.54) is 12.8 Å². The zero-order chi connectivity index (χ0) is 13.0. The molecule has 18 heavy (non-hydrogen) atoms. The third kappa shape index (κ3) is 3.24. The highest BCUT2D eigenvalue weighted by Crippen LogP contribution is 2.26. The maximum Gasteiger partial charge on any atom is 0.124 e. The topological polar surface area (TPSA) is 32.7 Å². The van der Waals surface area contributed by atoms with Crippen LogP contribution in [0.25, 0.3) is 0 Å². The smallest absolute Gasteiger partial charge is 0.124 e. The Morgan fingerprint density at radius 3 is 2.94 bits per heavy atom. The number of aliphatic hydroxyl groups is 1. The number of likely N-dealkylation sites (tertiary alicyclic amines) is 1. The summed E-state index contributed by atoms with van der Waals surface area (Å²) in [4.78, 5) is 2.35. The van der Waals surface area contributed by atoms with E-state index < -0.39 is 6.10 Å². The lowest BCUT2D eigenvalue weighted by atomic mass is 9.99. The molecule has 3 nitrogen and oxygen atoms in total. The van der Waals surface area contributed by atoms with E-state index in [9.17, 15) is 5.11 Å². The first-order chi connectivity index (χ1) is 8.70. The molecule has 100 valence electrons. The number of hydrogen-bond acceptors (Lipinski definition) is 3. The summed E-state index contributed by atoms with van der Waals surface area (Å²) in [6, 6.07) is 7.71. The molecule has 1 heterocycles. The summed E-state index contributed by atoms with van der Waals surface area (Å²) >= 11 is 0. The van der Waals surface area contributed by atoms with Crippen LogP contribution >= 0.6 is 0 Å². The van der Waals surface area contributed by atoms with Gasteiger partial charge < -0.3 is 14.7 Å². The molecule has 1 fully saturated rings. The van der Waals surface area contributed by atoms with Crippen LogP contribution in [0.4, 0.5) is 0 Å². The van der Waals surface area contributed by atoms with Crippen molar-refractivity contribution in [2.24, 2.45) is 5.92 Å². The predicted octanol–water partition coefficient (Wildman–Crippen LogP) is 2.46. The molecular formula is C15H23NO2. The molecule has 0 amide bonds. The second-order valence-corrected chi connectivity index (χ2v) is 5.26. The Bertz CT molecular complexity index is 381. The average molecular weight is 249 g/mol. The Kier molecular flexibility index (Phi) is 4.61.